The highest BCUT2D eigenvalue weighted by molar-refractivity contribution is 9.10. The minimum Gasteiger partial charge on any atom is -0.294 e. The second kappa shape index (κ2) is 5.71. The molecule has 1 unspecified atom stereocenters. The van der Waals surface area contributed by atoms with Gasteiger partial charge in [0.15, 0.2) is 0 Å². The Morgan fingerprint density at radius 1 is 1.19 bits per heavy atom. The van der Waals surface area contributed by atoms with Crippen LogP contribution in [0.15, 0.2) is 45.3 Å². The van der Waals surface area contributed by atoms with Crippen molar-refractivity contribution in [1.82, 2.24) is 9.55 Å². The lowest BCUT2D eigenvalue weighted by molar-refractivity contribution is 0.622. The molecule has 1 atom stereocenters. The summed E-state index contributed by atoms with van der Waals surface area (Å²) in [5.74, 6) is 0.348. The molecule has 0 fully saturated rings. The lowest BCUT2D eigenvalue weighted by Crippen LogP contribution is -2.02. The number of alkyl halides is 1. The van der Waals surface area contributed by atoms with Gasteiger partial charge in [-0.1, -0.05) is 12.1 Å². The van der Waals surface area contributed by atoms with E-state index in [0.717, 1.165) is 10.2 Å². The molecular weight excluding hydrogens is 422 g/mol. The topological polar surface area (TPSA) is 17.8 Å². The predicted molar refractivity (Wildman–Crippen MR) is 90.7 cm³/mol. The van der Waals surface area contributed by atoms with Crippen LogP contribution in [0.4, 0.5) is 4.39 Å². The highest BCUT2D eigenvalue weighted by Gasteiger charge is 2.19. The first-order valence-electron chi connectivity index (χ1n) is 6.25. The summed E-state index contributed by atoms with van der Waals surface area (Å²) in [6, 6.07) is 10.8. The van der Waals surface area contributed by atoms with Gasteiger partial charge in [0, 0.05) is 10.5 Å². The van der Waals surface area contributed by atoms with Crippen LogP contribution in [0.3, 0.4) is 0 Å². The van der Waals surface area contributed by atoms with Crippen LogP contribution in [0, 0.1) is 5.82 Å². The standard InChI is InChI=1S/C15H10Br2ClFN2/c1-8(18)15-20-12-6-10(17)11(19)7-14(12)21(15)13-5-3-2-4-9(13)16/h2-8H,1H3. The van der Waals surface area contributed by atoms with Gasteiger partial charge < -0.3 is 0 Å². The van der Waals surface area contributed by atoms with Crippen molar-refractivity contribution in [1.29, 1.82) is 0 Å². The zero-order chi connectivity index (χ0) is 15.1. The fraction of sp³-hybridized carbons (Fsp3) is 0.133. The number of halogens is 4. The van der Waals surface area contributed by atoms with Crippen LogP contribution < -0.4 is 0 Å². The highest BCUT2D eigenvalue weighted by Crippen LogP contribution is 2.33. The number of imidazole rings is 1. The number of nitrogens with zero attached hydrogens (tertiary/aromatic N) is 2. The predicted octanol–water partition coefficient (Wildman–Crippen LogP) is 5.99. The number of para-hydroxylation sites is 1. The van der Waals surface area contributed by atoms with E-state index < -0.39 is 0 Å². The van der Waals surface area contributed by atoms with E-state index in [1.165, 1.54) is 6.07 Å². The third-order valence-corrected chi connectivity index (χ3v) is 4.65. The Bertz CT molecular complexity index is 830. The molecule has 0 bridgehead atoms. The molecule has 0 aliphatic rings. The van der Waals surface area contributed by atoms with Gasteiger partial charge in [-0.05, 0) is 57.0 Å². The van der Waals surface area contributed by atoms with Crippen LogP contribution in [0.5, 0.6) is 0 Å². The molecule has 6 heteroatoms. The summed E-state index contributed by atoms with van der Waals surface area (Å²) in [6.07, 6.45) is 0. The maximum absolute atomic E-state index is 13.9. The van der Waals surface area contributed by atoms with E-state index in [9.17, 15) is 4.39 Å². The smallest absolute Gasteiger partial charge is 0.139 e. The molecule has 1 heterocycles. The van der Waals surface area contributed by atoms with Crippen molar-refractivity contribution in [3.05, 3.63) is 57.0 Å². The third kappa shape index (κ3) is 2.62. The van der Waals surface area contributed by atoms with Gasteiger partial charge in [-0.2, -0.15) is 0 Å². The Hall–Kier alpha value is -0.910. The summed E-state index contributed by atoms with van der Waals surface area (Å²) in [6.45, 7) is 1.85. The fourth-order valence-electron chi connectivity index (χ4n) is 2.24. The molecule has 21 heavy (non-hydrogen) atoms. The van der Waals surface area contributed by atoms with E-state index in [1.54, 1.807) is 6.07 Å². The maximum Gasteiger partial charge on any atom is 0.139 e. The molecule has 0 saturated heterocycles. The third-order valence-electron chi connectivity index (χ3n) is 3.17. The van der Waals surface area contributed by atoms with E-state index in [1.807, 2.05) is 35.8 Å². The van der Waals surface area contributed by atoms with Crippen molar-refractivity contribution in [3.63, 3.8) is 0 Å². The summed E-state index contributed by atoms with van der Waals surface area (Å²) in [7, 11) is 0. The zero-order valence-corrected chi connectivity index (χ0v) is 14.9. The number of fused-ring (bicyclic) bond motifs is 1. The van der Waals surface area contributed by atoms with Crippen LogP contribution in [0.1, 0.15) is 18.1 Å². The first-order chi connectivity index (χ1) is 9.99. The largest absolute Gasteiger partial charge is 0.294 e. The van der Waals surface area contributed by atoms with Gasteiger partial charge >= 0.3 is 0 Å². The molecule has 0 spiro atoms. The van der Waals surface area contributed by atoms with Crippen molar-refractivity contribution in [2.75, 3.05) is 0 Å². The van der Waals surface area contributed by atoms with Crippen LogP contribution in [-0.2, 0) is 0 Å². The molecule has 0 amide bonds. The van der Waals surface area contributed by atoms with Gasteiger partial charge in [0.25, 0.3) is 0 Å². The molecule has 108 valence electrons. The Morgan fingerprint density at radius 2 is 1.90 bits per heavy atom. The monoisotopic (exact) mass is 430 g/mol. The van der Waals surface area contributed by atoms with Gasteiger partial charge in [-0.15, -0.1) is 11.6 Å². The highest BCUT2D eigenvalue weighted by atomic mass is 79.9. The minimum absolute atomic E-state index is 0.300. The van der Waals surface area contributed by atoms with E-state index in [-0.39, 0.29) is 11.2 Å². The molecule has 3 rings (SSSR count). The summed E-state index contributed by atoms with van der Waals surface area (Å²) in [5, 5.41) is -0.300. The van der Waals surface area contributed by atoms with E-state index in [4.69, 9.17) is 11.6 Å². The number of hydrogen-bond donors (Lipinski definition) is 0. The van der Waals surface area contributed by atoms with Crippen molar-refractivity contribution in [2.45, 2.75) is 12.3 Å². The van der Waals surface area contributed by atoms with Gasteiger partial charge in [0.2, 0.25) is 0 Å². The summed E-state index contributed by atoms with van der Waals surface area (Å²) in [4.78, 5) is 4.55. The van der Waals surface area contributed by atoms with Crippen LogP contribution >= 0.6 is 43.5 Å². The zero-order valence-electron chi connectivity index (χ0n) is 10.9. The van der Waals surface area contributed by atoms with Crippen molar-refractivity contribution >= 4 is 54.5 Å². The number of benzene rings is 2. The summed E-state index contributed by atoms with van der Waals surface area (Å²) < 4.78 is 17.1. The van der Waals surface area contributed by atoms with E-state index in [2.05, 4.69) is 36.8 Å². The second-order valence-electron chi connectivity index (χ2n) is 4.63. The number of hydrogen-bond acceptors (Lipinski definition) is 1. The van der Waals surface area contributed by atoms with Crippen molar-refractivity contribution < 1.29 is 4.39 Å². The molecular formula is C15H10Br2ClFN2. The lowest BCUT2D eigenvalue weighted by Gasteiger charge is -2.12. The Balaban J connectivity index is 2.41. The van der Waals surface area contributed by atoms with Crippen LogP contribution in [0.25, 0.3) is 16.7 Å². The van der Waals surface area contributed by atoms with Gasteiger partial charge in [-0.3, -0.25) is 4.57 Å². The Morgan fingerprint density at radius 3 is 2.57 bits per heavy atom. The van der Waals surface area contributed by atoms with Crippen LogP contribution in [-0.4, -0.2) is 9.55 Å². The number of aromatic nitrogens is 2. The van der Waals surface area contributed by atoms with E-state index in [0.29, 0.717) is 21.3 Å². The van der Waals surface area contributed by atoms with Crippen molar-refractivity contribution in [3.8, 4) is 5.69 Å². The normalized spacial score (nSPS) is 12.8. The second-order valence-corrected chi connectivity index (χ2v) is 6.99. The van der Waals surface area contributed by atoms with Gasteiger partial charge in [0.1, 0.15) is 11.6 Å². The summed E-state index contributed by atoms with van der Waals surface area (Å²) >= 11 is 13.0. The average Bonchev–Trinajstić information content (AvgIpc) is 2.78. The number of rotatable bonds is 2. The first kappa shape index (κ1) is 15.0. The minimum atomic E-state index is -0.329. The molecule has 0 aliphatic carbocycles. The molecule has 0 aliphatic heterocycles. The molecule has 3 aromatic rings. The SMILES string of the molecule is CC(Cl)c1nc2cc(Br)c(F)cc2n1-c1ccccc1Br. The van der Waals surface area contributed by atoms with Crippen molar-refractivity contribution in [2.24, 2.45) is 0 Å². The average molecular weight is 433 g/mol. The Labute approximate surface area is 143 Å². The lowest BCUT2D eigenvalue weighted by atomic mass is 10.2. The molecule has 1 aromatic heterocycles. The van der Waals surface area contributed by atoms with E-state index >= 15 is 0 Å². The van der Waals surface area contributed by atoms with Gasteiger partial charge in [-0.25, -0.2) is 9.37 Å². The molecule has 0 saturated carbocycles. The fourth-order valence-corrected chi connectivity index (χ4v) is 3.18. The molecule has 0 N–H and O–H groups in total. The summed E-state index contributed by atoms with van der Waals surface area (Å²) in [5.41, 5.74) is 2.26. The van der Waals surface area contributed by atoms with Gasteiger partial charge in [0.05, 0.1) is 26.6 Å². The molecule has 2 nitrogen and oxygen atoms in total. The molecule has 2 aromatic carbocycles. The molecule has 0 radical (unpaired) electrons. The van der Waals surface area contributed by atoms with Crippen LogP contribution in [0.2, 0.25) is 0 Å². The Kier molecular flexibility index (Phi) is 4.08. The first-order valence-corrected chi connectivity index (χ1v) is 8.27. The quantitative estimate of drug-likeness (QED) is 0.455. The maximum atomic E-state index is 13.9.